The molecule has 0 saturated carbocycles. The Morgan fingerprint density at radius 3 is 3.00 bits per heavy atom. The fourth-order valence-electron chi connectivity index (χ4n) is 2.58. The van der Waals surface area contributed by atoms with E-state index in [-0.39, 0.29) is 23.6 Å². The molecule has 106 valence electrons. The molecular formula is C13H12BrClFN3O. The van der Waals surface area contributed by atoms with Crippen LogP contribution in [0.1, 0.15) is 24.7 Å². The smallest absolute Gasteiger partial charge is 0.220 e. The highest BCUT2D eigenvalue weighted by Crippen LogP contribution is 2.29. The summed E-state index contributed by atoms with van der Waals surface area (Å²) >= 11 is 9.12. The van der Waals surface area contributed by atoms with Crippen LogP contribution in [0.3, 0.4) is 0 Å². The van der Waals surface area contributed by atoms with Crippen molar-refractivity contribution in [1.82, 2.24) is 14.9 Å². The molecule has 4 nitrogen and oxygen atoms in total. The Labute approximate surface area is 128 Å². The second kappa shape index (κ2) is 5.33. The molecule has 7 heteroatoms. The van der Waals surface area contributed by atoms with Crippen LogP contribution in [0.5, 0.6) is 0 Å². The molecule has 0 bridgehead atoms. The number of piperidine rings is 1. The Morgan fingerprint density at radius 1 is 1.55 bits per heavy atom. The Kier molecular flexibility index (Phi) is 3.69. The number of halogens is 3. The zero-order valence-corrected chi connectivity index (χ0v) is 12.8. The maximum atomic E-state index is 13.8. The number of aromatic nitrogens is 2. The maximum Gasteiger partial charge on any atom is 0.220 e. The highest BCUT2D eigenvalue weighted by atomic mass is 79.9. The van der Waals surface area contributed by atoms with Gasteiger partial charge in [-0.2, -0.15) is 0 Å². The van der Waals surface area contributed by atoms with Crippen LogP contribution in [-0.2, 0) is 10.7 Å². The van der Waals surface area contributed by atoms with E-state index in [1.54, 1.807) is 6.07 Å². The van der Waals surface area contributed by atoms with Gasteiger partial charge in [-0.05, 0) is 28.4 Å². The van der Waals surface area contributed by atoms with Gasteiger partial charge in [0.25, 0.3) is 0 Å². The fraction of sp³-hybridized carbons (Fsp3) is 0.385. The SMILES string of the molecule is O=C1CCC(n2c(CCl)nc3cc(Br)c(F)cc32)CN1. The summed E-state index contributed by atoms with van der Waals surface area (Å²) in [6, 6.07) is 3.17. The molecule has 3 rings (SSSR count). The van der Waals surface area contributed by atoms with Gasteiger partial charge in [-0.15, -0.1) is 11.6 Å². The minimum Gasteiger partial charge on any atom is -0.354 e. The largest absolute Gasteiger partial charge is 0.354 e. The van der Waals surface area contributed by atoms with Gasteiger partial charge in [-0.25, -0.2) is 9.37 Å². The molecule has 20 heavy (non-hydrogen) atoms. The van der Waals surface area contributed by atoms with Gasteiger partial charge in [0.05, 0.1) is 27.4 Å². The predicted octanol–water partition coefficient (Wildman–Crippen LogP) is 3.13. The van der Waals surface area contributed by atoms with Gasteiger partial charge in [0.2, 0.25) is 5.91 Å². The fourth-order valence-corrected chi connectivity index (χ4v) is 3.10. The van der Waals surface area contributed by atoms with Crippen molar-refractivity contribution in [1.29, 1.82) is 0 Å². The molecule has 1 aromatic carbocycles. The number of rotatable bonds is 2. The van der Waals surface area contributed by atoms with Crippen molar-refractivity contribution in [2.24, 2.45) is 0 Å². The number of carbonyl (C=O) groups is 1. The van der Waals surface area contributed by atoms with Crippen LogP contribution in [-0.4, -0.2) is 22.0 Å². The zero-order valence-electron chi connectivity index (χ0n) is 10.5. The minimum absolute atomic E-state index is 0.0482. The Hall–Kier alpha value is -1.14. The van der Waals surface area contributed by atoms with E-state index in [0.717, 1.165) is 0 Å². The molecule has 1 atom stereocenters. The first-order valence-electron chi connectivity index (χ1n) is 6.28. The zero-order chi connectivity index (χ0) is 14.3. The van der Waals surface area contributed by atoms with Crippen LogP contribution >= 0.6 is 27.5 Å². The van der Waals surface area contributed by atoms with Gasteiger partial charge in [0.15, 0.2) is 0 Å². The lowest BCUT2D eigenvalue weighted by Crippen LogP contribution is -2.36. The molecule has 0 spiro atoms. The molecule has 2 aromatic rings. The topological polar surface area (TPSA) is 46.9 Å². The summed E-state index contributed by atoms with van der Waals surface area (Å²) in [4.78, 5) is 15.7. The lowest BCUT2D eigenvalue weighted by molar-refractivity contribution is -0.122. The molecule has 1 amide bonds. The summed E-state index contributed by atoms with van der Waals surface area (Å²) in [7, 11) is 0. The third-order valence-electron chi connectivity index (χ3n) is 3.53. The van der Waals surface area contributed by atoms with Crippen LogP contribution in [0.2, 0.25) is 0 Å². The van der Waals surface area contributed by atoms with Gasteiger partial charge in [0.1, 0.15) is 11.6 Å². The lowest BCUT2D eigenvalue weighted by Gasteiger charge is -2.25. The van der Waals surface area contributed by atoms with Gasteiger partial charge in [-0.1, -0.05) is 0 Å². The molecule has 0 aliphatic carbocycles. The summed E-state index contributed by atoms with van der Waals surface area (Å²) in [5, 5.41) is 2.83. The highest BCUT2D eigenvalue weighted by molar-refractivity contribution is 9.10. The van der Waals surface area contributed by atoms with E-state index in [2.05, 4.69) is 26.2 Å². The number of alkyl halides is 1. The van der Waals surface area contributed by atoms with Crippen molar-refractivity contribution >= 4 is 44.5 Å². The van der Waals surface area contributed by atoms with Gasteiger partial charge in [0, 0.05) is 19.0 Å². The molecule has 1 saturated heterocycles. The second-order valence-corrected chi connectivity index (χ2v) is 5.90. The lowest BCUT2D eigenvalue weighted by atomic mass is 10.1. The predicted molar refractivity (Wildman–Crippen MR) is 78.2 cm³/mol. The van der Waals surface area contributed by atoms with Crippen molar-refractivity contribution in [3.05, 3.63) is 28.2 Å². The van der Waals surface area contributed by atoms with Crippen LogP contribution < -0.4 is 5.32 Å². The number of amides is 1. The number of carbonyl (C=O) groups excluding carboxylic acids is 1. The first-order valence-corrected chi connectivity index (χ1v) is 7.61. The molecule has 1 fully saturated rings. The van der Waals surface area contributed by atoms with E-state index in [1.165, 1.54) is 6.07 Å². The third kappa shape index (κ3) is 2.31. The summed E-state index contributed by atoms with van der Waals surface area (Å²) in [6.45, 7) is 0.520. The number of benzene rings is 1. The van der Waals surface area contributed by atoms with Crippen LogP contribution in [0.15, 0.2) is 16.6 Å². The van der Waals surface area contributed by atoms with E-state index in [0.29, 0.717) is 40.7 Å². The molecule has 2 heterocycles. The maximum absolute atomic E-state index is 13.8. The summed E-state index contributed by atoms with van der Waals surface area (Å²) in [5.41, 5.74) is 1.41. The van der Waals surface area contributed by atoms with E-state index >= 15 is 0 Å². The van der Waals surface area contributed by atoms with E-state index in [9.17, 15) is 9.18 Å². The van der Waals surface area contributed by atoms with Gasteiger partial charge in [-0.3, -0.25) is 4.79 Å². The molecule has 1 aliphatic heterocycles. The normalized spacial score (nSPS) is 19.4. The number of nitrogens with one attached hydrogen (secondary N) is 1. The molecule has 1 aliphatic rings. The van der Waals surface area contributed by atoms with Crippen molar-refractivity contribution < 1.29 is 9.18 Å². The van der Waals surface area contributed by atoms with E-state index in [1.807, 2.05) is 4.57 Å². The molecule has 1 aromatic heterocycles. The molecule has 0 radical (unpaired) electrons. The molecule has 1 unspecified atom stereocenters. The average Bonchev–Trinajstić information content (AvgIpc) is 2.78. The Bertz CT molecular complexity index is 678. The highest BCUT2D eigenvalue weighted by Gasteiger charge is 2.24. The van der Waals surface area contributed by atoms with E-state index < -0.39 is 0 Å². The van der Waals surface area contributed by atoms with E-state index in [4.69, 9.17) is 11.6 Å². The van der Waals surface area contributed by atoms with Crippen molar-refractivity contribution in [2.75, 3.05) is 6.54 Å². The summed E-state index contributed by atoms with van der Waals surface area (Å²) in [5.74, 6) is 0.658. The number of imidazole rings is 1. The van der Waals surface area contributed by atoms with Gasteiger partial charge >= 0.3 is 0 Å². The third-order valence-corrected chi connectivity index (χ3v) is 4.38. The number of fused-ring (bicyclic) bond motifs is 1. The first kappa shape index (κ1) is 13.8. The summed E-state index contributed by atoms with van der Waals surface area (Å²) < 4.78 is 16.1. The van der Waals surface area contributed by atoms with Crippen molar-refractivity contribution in [3.63, 3.8) is 0 Å². The Balaban J connectivity index is 2.12. The standard InChI is InChI=1S/C13H12BrClFN3O/c14-8-3-10-11(4-9(8)16)19(12(5-15)18-10)7-1-2-13(20)17-6-7/h3-4,7H,1-2,5-6H2,(H,17,20). The first-order chi connectivity index (χ1) is 9.60. The van der Waals surface area contributed by atoms with Gasteiger partial charge < -0.3 is 9.88 Å². The van der Waals surface area contributed by atoms with Crippen molar-refractivity contribution in [2.45, 2.75) is 24.8 Å². The van der Waals surface area contributed by atoms with Crippen LogP contribution in [0, 0.1) is 5.82 Å². The monoisotopic (exact) mass is 359 g/mol. The Morgan fingerprint density at radius 2 is 2.35 bits per heavy atom. The number of nitrogens with zero attached hydrogens (tertiary/aromatic N) is 2. The number of hydrogen-bond acceptors (Lipinski definition) is 2. The van der Waals surface area contributed by atoms with Crippen LogP contribution in [0.25, 0.3) is 11.0 Å². The van der Waals surface area contributed by atoms with Crippen molar-refractivity contribution in [3.8, 4) is 0 Å². The van der Waals surface area contributed by atoms with Crippen LogP contribution in [0.4, 0.5) is 4.39 Å². The average molecular weight is 361 g/mol. The molecular weight excluding hydrogens is 349 g/mol. The second-order valence-electron chi connectivity index (χ2n) is 4.78. The molecule has 1 N–H and O–H groups in total. The summed E-state index contributed by atoms with van der Waals surface area (Å²) in [6.07, 6.45) is 1.17. The quantitative estimate of drug-likeness (QED) is 0.837. The minimum atomic E-state index is -0.334. The number of hydrogen-bond donors (Lipinski definition) is 1.